The average Bonchev–Trinajstić information content (AvgIpc) is 2.80. The smallest absolute Gasteiger partial charge is 0.340 e. The summed E-state index contributed by atoms with van der Waals surface area (Å²) in [6.07, 6.45) is 2.49. The van der Waals surface area contributed by atoms with E-state index in [1.54, 1.807) is 0 Å². The van der Waals surface area contributed by atoms with E-state index in [2.05, 4.69) is 0 Å². The van der Waals surface area contributed by atoms with E-state index < -0.39 is 0 Å². The van der Waals surface area contributed by atoms with E-state index in [1.807, 2.05) is 36.7 Å². The fraction of sp³-hybridized carbons (Fsp3) is 0.400. The van der Waals surface area contributed by atoms with E-state index in [0.29, 0.717) is 18.5 Å². The number of aryl methyl sites for hydroxylation is 3. The van der Waals surface area contributed by atoms with Crippen molar-refractivity contribution < 1.29 is 14.6 Å². The minimum absolute atomic E-state index is 0.137. The first kappa shape index (κ1) is 13.6. The molecule has 0 saturated carbocycles. The van der Waals surface area contributed by atoms with Gasteiger partial charge in [-0.05, 0) is 31.4 Å². The number of aromatic nitrogens is 1. The molecule has 4 nitrogen and oxygen atoms in total. The molecule has 19 heavy (non-hydrogen) atoms. The fourth-order valence-corrected chi connectivity index (χ4v) is 2.47. The van der Waals surface area contributed by atoms with E-state index in [4.69, 9.17) is 9.84 Å². The summed E-state index contributed by atoms with van der Waals surface area (Å²) in [7, 11) is 1.39. The molecule has 1 aromatic carbocycles. The average molecular weight is 261 g/mol. The molecule has 0 aliphatic carbocycles. The van der Waals surface area contributed by atoms with Gasteiger partial charge in [0.25, 0.3) is 0 Å². The normalized spacial score (nSPS) is 10.9. The Kier molecular flexibility index (Phi) is 3.90. The maximum absolute atomic E-state index is 11.9. The van der Waals surface area contributed by atoms with Gasteiger partial charge in [0, 0.05) is 24.7 Å². The SMILES string of the molecule is COC(=O)c1cn(CCCO)c2c(C)ccc(C)c12. The van der Waals surface area contributed by atoms with Crippen LogP contribution in [0.3, 0.4) is 0 Å². The van der Waals surface area contributed by atoms with E-state index >= 15 is 0 Å². The standard InChI is InChI=1S/C15H19NO3/c1-10-5-6-11(2)14-13(10)12(15(18)19-3)9-16(14)7-4-8-17/h5-6,9,17H,4,7-8H2,1-3H3. The van der Waals surface area contributed by atoms with Gasteiger partial charge in [0.05, 0.1) is 18.2 Å². The van der Waals surface area contributed by atoms with Crippen LogP contribution in [-0.4, -0.2) is 29.4 Å². The van der Waals surface area contributed by atoms with Crippen molar-refractivity contribution in [2.24, 2.45) is 0 Å². The van der Waals surface area contributed by atoms with Gasteiger partial charge in [-0.15, -0.1) is 0 Å². The zero-order chi connectivity index (χ0) is 14.0. The van der Waals surface area contributed by atoms with Gasteiger partial charge in [-0.25, -0.2) is 4.79 Å². The lowest BCUT2D eigenvalue weighted by molar-refractivity contribution is 0.0602. The summed E-state index contributed by atoms with van der Waals surface area (Å²) >= 11 is 0. The van der Waals surface area contributed by atoms with Crippen molar-refractivity contribution in [1.82, 2.24) is 4.57 Å². The molecular formula is C15H19NO3. The Morgan fingerprint density at radius 2 is 2.00 bits per heavy atom. The largest absolute Gasteiger partial charge is 0.465 e. The fourth-order valence-electron chi connectivity index (χ4n) is 2.47. The number of nitrogens with zero attached hydrogens (tertiary/aromatic N) is 1. The van der Waals surface area contributed by atoms with Crippen molar-refractivity contribution in [2.75, 3.05) is 13.7 Å². The third-order valence-electron chi connectivity index (χ3n) is 3.39. The molecular weight excluding hydrogens is 242 g/mol. The van der Waals surface area contributed by atoms with Crippen LogP contribution in [0.15, 0.2) is 18.3 Å². The minimum atomic E-state index is -0.318. The molecule has 1 heterocycles. The van der Waals surface area contributed by atoms with Gasteiger partial charge >= 0.3 is 5.97 Å². The first-order valence-electron chi connectivity index (χ1n) is 6.38. The lowest BCUT2D eigenvalue weighted by Gasteiger charge is -2.07. The number of rotatable bonds is 4. The van der Waals surface area contributed by atoms with Gasteiger partial charge in [-0.2, -0.15) is 0 Å². The Morgan fingerprint density at radius 3 is 2.63 bits per heavy atom. The number of hydrogen-bond donors (Lipinski definition) is 1. The number of hydrogen-bond acceptors (Lipinski definition) is 3. The molecule has 0 radical (unpaired) electrons. The molecule has 4 heteroatoms. The molecule has 0 saturated heterocycles. The highest BCUT2D eigenvalue weighted by molar-refractivity contribution is 6.06. The first-order chi connectivity index (χ1) is 9.10. The highest BCUT2D eigenvalue weighted by atomic mass is 16.5. The molecule has 0 unspecified atom stereocenters. The molecule has 0 aliphatic rings. The van der Waals surface area contributed by atoms with Crippen LogP contribution >= 0.6 is 0 Å². The van der Waals surface area contributed by atoms with Crippen LogP contribution in [0.25, 0.3) is 10.9 Å². The Bertz CT molecular complexity index is 613. The van der Waals surface area contributed by atoms with Crippen molar-refractivity contribution >= 4 is 16.9 Å². The number of aliphatic hydroxyl groups excluding tert-OH is 1. The first-order valence-corrected chi connectivity index (χ1v) is 6.38. The number of fused-ring (bicyclic) bond motifs is 1. The molecule has 102 valence electrons. The quantitative estimate of drug-likeness (QED) is 0.860. The van der Waals surface area contributed by atoms with Crippen LogP contribution < -0.4 is 0 Å². The lowest BCUT2D eigenvalue weighted by atomic mass is 10.0. The predicted molar refractivity (Wildman–Crippen MR) is 74.5 cm³/mol. The number of methoxy groups -OCH3 is 1. The minimum Gasteiger partial charge on any atom is -0.465 e. The van der Waals surface area contributed by atoms with Crippen molar-refractivity contribution in [3.05, 3.63) is 35.0 Å². The molecule has 2 rings (SSSR count). The maximum atomic E-state index is 11.9. The van der Waals surface area contributed by atoms with Crippen molar-refractivity contribution in [3.63, 3.8) is 0 Å². The van der Waals surface area contributed by atoms with Crippen molar-refractivity contribution in [1.29, 1.82) is 0 Å². The topological polar surface area (TPSA) is 51.5 Å². The van der Waals surface area contributed by atoms with E-state index in [-0.39, 0.29) is 12.6 Å². The summed E-state index contributed by atoms with van der Waals surface area (Å²) in [6, 6.07) is 4.06. The predicted octanol–water partition coefficient (Wildman–Crippen LogP) is 2.43. The summed E-state index contributed by atoms with van der Waals surface area (Å²) in [5, 5.41) is 9.93. The number of esters is 1. The summed E-state index contributed by atoms with van der Waals surface area (Å²) in [6.45, 7) is 4.84. The third kappa shape index (κ3) is 2.36. The second-order valence-corrected chi connectivity index (χ2v) is 4.73. The molecule has 0 fully saturated rings. The molecule has 1 N–H and O–H groups in total. The monoisotopic (exact) mass is 261 g/mol. The van der Waals surface area contributed by atoms with Gasteiger partial charge in [-0.1, -0.05) is 12.1 Å². The molecule has 1 aromatic heterocycles. The van der Waals surface area contributed by atoms with Gasteiger partial charge in [0.1, 0.15) is 0 Å². The Labute approximate surface area is 112 Å². The molecule has 0 aliphatic heterocycles. The molecule has 0 spiro atoms. The lowest BCUT2D eigenvalue weighted by Crippen LogP contribution is -2.01. The van der Waals surface area contributed by atoms with Gasteiger partial charge in [0.15, 0.2) is 0 Å². The van der Waals surface area contributed by atoms with Crippen LogP contribution in [0, 0.1) is 13.8 Å². The van der Waals surface area contributed by atoms with Crippen LogP contribution in [-0.2, 0) is 11.3 Å². The second kappa shape index (κ2) is 5.45. The Balaban J connectivity index is 2.69. The number of aliphatic hydroxyl groups is 1. The zero-order valence-corrected chi connectivity index (χ0v) is 11.6. The van der Waals surface area contributed by atoms with E-state index in [1.165, 1.54) is 7.11 Å². The molecule has 0 amide bonds. The van der Waals surface area contributed by atoms with E-state index in [9.17, 15) is 4.79 Å². The van der Waals surface area contributed by atoms with Crippen molar-refractivity contribution in [2.45, 2.75) is 26.8 Å². The highest BCUT2D eigenvalue weighted by Gasteiger charge is 2.18. The van der Waals surface area contributed by atoms with E-state index in [0.717, 1.165) is 22.0 Å². The maximum Gasteiger partial charge on any atom is 0.340 e. The summed E-state index contributed by atoms with van der Waals surface area (Å²) in [5.41, 5.74) is 3.82. The Hall–Kier alpha value is -1.81. The van der Waals surface area contributed by atoms with Crippen molar-refractivity contribution in [3.8, 4) is 0 Å². The number of benzene rings is 1. The molecule has 0 bridgehead atoms. The number of carbonyl (C=O) groups is 1. The summed E-state index contributed by atoms with van der Waals surface area (Å²) in [4.78, 5) is 11.9. The van der Waals surface area contributed by atoms with Crippen LogP contribution in [0.4, 0.5) is 0 Å². The van der Waals surface area contributed by atoms with Crippen LogP contribution in [0.5, 0.6) is 0 Å². The number of ether oxygens (including phenoxy) is 1. The van der Waals surface area contributed by atoms with Gasteiger partial charge < -0.3 is 14.4 Å². The van der Waals surface area contributed by atoms with Crippen LogP contribution in [0.1, 0.15) is 27.9 Å². The third-order valence-corrected chi connectivity index (χ3v) is 3.39. The number of carbonyl (C=O) groups excluding carboxylic acids is 1. The van der Waals surface area contributed by atoms with Gasteiger partial charge in [-0.3, -0.25) is 0 Å². The summed E-state index contributed by atoms with van der Waals surface area (Å²) < 4.78 is 6.88. The zero-order valence-electron chi connectivity index (χ0n) is 11.6. The summed E-state index contributed by atoms with van der Waals surface area (Å²) in [5.74, 6) is -0.318. The molecule has 2 aromatic rings. The Morgan fingerprint density at radius 1 is 1.32 bits per heavy atom. The second-order valence-electron chi connectivity index (χ2n) is 4.73. The van der Waals surface area contributed by atoms with Gasteiger partial charge in [0.2, 0.25) is 0 Å². The van der Waals surface area contributed by atoms with Crippen LogP contribution in [0.2, 0.25) is 0 Å². The molecule has 0 atom stereocenters. The highest BCUT2D eigenvalue weighted by Crippen LogP contribution is 2.28.